The fraction of sp³-hybridized carbons (Fsp3) is 0.538. The zero-order valence-electron chi connectivity index (χ0n) is 11.3. The Morgan fingerprint density at radius 2 is 1.77 bits per heavy atom. The first-order chi connectivity index (χ1) is 10.3. The molecule has 2 saturated heterocycles. The predicted octanol–water partition coefficient (Wildman–Crippen LogP) is 3.10. The van der Waals surface area contributed by atoms with Crippen LogP contribution in [0.15, 0.2) is 27.3 Å². The van der Waals surface area contributed by atoms with Gasteiger partial charge in [0.05, 0.1) is 5.02 Å². The van der Waals surface area contributed by atoms with Crippen molar-refractivity contribution in [2.24, 2.45) is 10.2 Å². The number of benzene rings is 1. The molecular weight excluding hydrogens is 336 g/mol. The Morgan fingerprint density at radius 1 is 1.18 bits per heavy atom. The summed E-state index contributed by atoms with van der Waals surface area (Å²) in [6.07, 6.45) is 2.34. The molecule has 118 valence electrons. The van der Waals surface area contributed by atoms with Crippen LogP contribution in [0.1, 0.15) is 25.7 Å². The second kappa shape index (κ2) is 4.46. The Kier molecular flexibility index (Phi) is 2.93. The zero-order valence-corrected chi connectivity index (χ0v) is 12.9. The SMILES string of the molecule is O=S(=O)(c1c(Cl)ccc(F)c1F)N1C2CCC1CC1(C2)N=N1. The molecule has 1 aromatic rings. The van der Waals surface area contributed by atoms with E-state index in [0.717, 1.165) is 12.1 Å². The number of halogens is 3. The third kappa shape index (κ3) is 1.93. The Hall–Kier alpha value is -1.12. The quantitative estimate of drug-likeness (QED) is 0.772. The highest BCUT2D eigenvalue weighted by Crippen LogP contribution is 2.51. The fourth-order valence-electron chi connectivity index (χ4n) is 3.64. The molecule has 2 bridgehead atoms. The van der Waals surface area contributed by atoms with E-state index in [4.69, 9.17) is 11.6 Å². The summed E-state index contributed by atoms with van der Waals surface area (Å²) in [6, 6.07) is 1.29. The van der Waals surface area contributed by atoms with Gasteiger partial charge in [-0.15, -0.1) is 0 Å². The molecule has 0 saturated carbocycles. The molecule has 2 unspecified atom stereocenters. The van der Waals surface area contributed by atoms with Gasteiger partial charge in [0.15, 0.2) is 17.3 Å². The van der Waals surface area contributed by atoms with Crippen LogP contribution in [0.4, 0.5) is 8.78 Å². The van der Waals surface area contributed by atoms with Crippen LogP contribution in [0.2, 0.25) is 5.02 Å². The van der Waals surface area contributed by atoms with Crippen molar-refractivity contribution in [3.05, 3.63) is 28.8 Å². The van der Waals surface area contributed by atoms with E-state index in [2.05, 4.69) is 10.2 Å². The van der Waals surface area contributed by atoms with Crippen molar-refractivity contribution in [1.29, 1.82) is 0 Å². The molecule has 3 heterocycles. The van der Waals surface area contributed by atoms with Gasteiger partial charge in [-0.2, -0.15) is 14.5 Å². The maximum absolute atomic E-state index is 14.0. The minimum atomic E-state index is -4.20. The molecule has 4 rings (SSSR count). The molecule has 1 aromatic carbocycles. The molecule has 22 heavy (non-hydrogen) atoms. The van der Waals surface area contributed by atoms with E-state index < -0.39 is 32.2 Å². The van der Waals surface area contributed by atoms with Gasteiger partial charge in [-0.25, -0.2) is 17.2 Å². The number of fused-ring (bicyclic) bond motifs is 2. The van der Waals surface area contributed by atoms with E-state index in [1.807, 2.05) is 0 Å². The molecule has 1 spiro atoms. The second-order valence-electron chi connectivity index (χ2n) is 5.98. The lowest BCUT2D eigenvalue weighted by Crippen LogP contribution is -2.49. The molecule has 2 fully saturated rings. The Balaban J connectivity index is 1.78. The van der Waals surface area contributed by atoms with E-state index in [-0.39, 0.29) is 17.1 Å². The Morgan fingerprint density at radius 3 is 2.32 bits per heavy atom. The normalized spacial score (nSPS) is 29.2. The molecule has 0 N–H and O–H groups in total. The first kappa shape index (κ1) is 14.5. The van der Waals surface area contributed by atoms with Crippen LogP contribution in [0, 0.1) is 11.6 Å². The van der Waals surface area contributed by atoms with Crippen molar-refractivity contribution in [1.82, 2.24) is 4.31 Å². The summed E-state index contributed by atoms with van der Waals surface area (Å²) >= 11 is 5.84. The topological polar surface area (TPSA) is 62.1 Å². The standard InChI is InChI=1S/C13H12ClF2N3O2S/c14-9-3-4-10(15)11(16)12(9)22(20,21)19-7-1-2-8(19)6-13(5-7)17-18-13/h3-4,7-8H,1-2,5-6H2. The summed E-state index contributed by atoms with van der Waals surface area (Å²) in [6.45, 7) is 0. The average molecular weight is 348 g/mol. The van der Waals surface area contributed by atoms with Gasteiger partial charge in [-0.05, 0) is 25.0 Å². The smallest absolute Gasteiger partial charge is 0.207 e. The largest absolute Gasteiger partial charge is 0.248 e. The van der Waals surface area contributed by atoms with Crippen molar-refractivity contribution in [2.45, 2.75) is 48.3 Å². The van der Waals surface area contributed by atoms with Gasteiger partial charge >= 0.3 is 0 Å². The molecule has 5 nitrogen and oxygen atoms in total. The van der Waals surface area contributed by atoms with Gasteiger partial charge in [0.2, 0.25) is 10.0 Å². The first-order valence-electron chi connectivity index (χ1n) is 6.95. The number of piperidine rings is 1. The monoisotopic (exact) mass is 347 g/mol. The van der Waals surface area contributed by atoms with Crippen molar-refractivity contribution >= 4 is 21.6 Å². The van der Waals surface area contributed by atoms with Crippen molar-refractivity contribution < 1.29 is 17.2 Å². The highest BCUT2D eigenvalue weighted by molar-refractivity contribution is 7.89. The molecular formula is C13H12ClF2N3O2S. The van der Waals surface area contributed by atoms with Crippen LogP contribution in [0.3, 0.4) is 0 Å². The van der Waals surface area contributed by atoms with E-state index in [1.165, 1.54) is 4.31 Å². The van der Waals surface area contributed by atoms with Crippen LogP contribution in [0.25, 0.3) is 0 Å². The lowest BCUT2D eigenvalue weighted by molar-refractivity contribution is 0.206. The van der Waals surface area contributed by atoms with E-state index in [9.17, 15) is 17.2 Å². The molecule has 0 amide bonds. The average Bonchev–Trinajstić information content (AvgIpc) is 3.11. The number of sulfonamides is 1. The minimum absolute atomic E-state index is 0.294. The van der Waals surface area contributed by atoms with Crippen LogP contribution in [-0.4, -0.2) is 30.5 Å². The predicted molar refractivity (Wildman–Crippen MR) is 74.0 cm³/mol. The van der Waals surface area contributed by atoms with E-state index >= 15 is 0 Å². The van der Waals surface area contributed by atoms with Crippen molar-refractivity contribution in [3.63, 3.8) is 0 Å². The molecule has 9 heteroatoms. The van der Waals surface area contributed by atoms with Crippen molar-refractivity contribution in [2.75, 3.05) is 0 Å². The minimum Gasteiger partial charge on any atom is -0.207 e. The van der Waals surface area contributed by atoms with E-state index in [0.29, 0.717) is 25.7 Å². The summed E-state index contributed by atoms with van der Waals surface area (Å²) in [7, 11) is -4.20. The number of nitrogens with zero attached hydrogens (tertiary/aromatic N) is 3. The van der Waals surface area contributed by atoms with Gasteiger partial charge in [0.25, 0.3) is 0 Å². The van der Waals surface area contributed by atoms with Gasteiger partial charge in [0.1, 0.15) is 4.90 Å². The fourth-order valence-corrected chi connectivity index (χ4v) is 6.07. The molecule has 0 radical (unpaired) electrons. The van der Waals surface area contributed by atoms with Crippen LogP contribution >= 0.6 is 11.6 Å². The number of rotatable bonds is 2. The van der Waals surface area contributed by atoms with Crippen LogP contribution in [0.5, 0.6) is 0 Å². The maximum atomic E-state index is 14.0. The summed E-state index contributed by atoms with van der Waals surface area (Å²) in [5.74, 6) is -2.65. The van der Waals surface area contributed by atoms with Gasteiger partial charge in [-0.1, -0.05) is 11.6 Å². The highest BCUT2D eigenvalue weighted by atomic mass is 35.5. The summed E-state index contributed by atoms with van der Waals surface area (Å²) in [4.78, 5) is -0.772. The van der Waals surface area contributed by atoms with Gasteiger partial charge in [-0.3, -0.25) is 0 Å². The lowest BCUT2D eigenvalue weighted by Gasteiger charge is -2.36. The van der Waals surface area contributed by atoms with Crippen LogP contribution in [-0.2, 0) is 10.0 Å². The van der Waals surface area contributed by atoms with Crippen LogP contribution < -0.4 is 0 Å². The Bertz CT molecular complexity index is 777. The highest BCUT2D eigenvalue weighted by Gasteiger charge is 2.57. The van der Waals surface area contributed by atoms with Crippen molar-refractivity contribution in [3.8, 4) is 0 Å². The Labute approximate surface area is 131 Å². The zero-order chi connectivity index (χ0) is 15.7. The maximum Gasteiger partial charge on any atom is 0.248 e. The molecule has 3 aliphatic heterocycles. The molecule has 3 aliphatic rings. The number of hydrogen-bond acceptors (Lipinski definition) is 4. The summed E-state index contributed by atoms with van der Waals surface area (Å²) < 4.78 is 54.5. The second-order valence-corrected chi connectivity index (χ2v) is 8.17. The lowest BCUT2D eigenvalue weighted by atomic mass is 9.96. The number of hydrogen-bond donors (Lipinski definition) is 0. The third-order valence-corrected chi connectivity index (χ3v) is 7.09. The summed E-state index contributed by atoms with van der Waals surface area (Å²) in [5, 5.41) is 7.73. The third-order valence-electron chi connectivity index (χ3n) is 4.60. The molecule has 0 aromatic heterocycles. The molecule has 2 atom stereocenters. The van der Waals surface area contributed by atoms with Gasteiger partial charge < -0.3 is 0 Å². The first-order valence-corrected chi connectivity index (χ1v) is 8.77. The molecule has 0 aliphatic carbocycles. The van der Waals surface area contributed by atoms with Gasteiger partial charge in [0, 0.05) is 24.9 Å². The summed E-state index contributed by atoms with van der Waals surface area (Å²) in [5.41, 5.74) is -0.442. The van der Waals surface area contributed by atoms with E-state index in [1.54, 1.807) is 0 Å².